The van der Waals surface area contributed by atoms with Crippen molar-refractivity contribution in [2.45, 2.75) is 19.3 Å². The van der Waals surface area contributed by atoms with Crippen molar-refractivity contribution in [3.63, 3.8) is 0 Å². The maximum Gasteiger partial charge on any atom is 0.416 e. The molecule has 0 bridgehead atoms. The Balaban J connectivity index is 1.58. The lowest BCUT2D eigenvalue weighted by atomic mass is 10.1. The zero-order chi connectivity index (χ0) is 26.4. The van der Waals surface area contributed by atoms with Crippen molar-refractivity contribution in [1.82, 2.24) is 15.3 Å². The number of hydrogen-bond donors (Lipinski definition) is 1. The van der Waals surface area contributed by atoms with Gasteiger partial charge in [0.1, 0.15) is 17.9 Å². The summed E-state index contributed by atoms with van der Waals surface area (Å²) in [5, 5.41) is 3.31. The lowest BCUT2D eigenvalue weighted by Crippen LogP contribution is -2.24. The van der Waals surface area contributed by atoms with Crippen LogP contribution in [0.4, 0.5) is 13.2 Å². The number of carbonyl (C=O) groups is 1. The van der Waals surface area contributed by atoms with E-state index in [0.29, 0.717) is 16.3 Å². The van der Waals surface area contributed by atoms with Crippen LogP contribution in [0.3, 0.4) is 0 Å². The van der Waals surface area contributed by atoms with Crippen LogP contribution in [0.2, 0.25) is 5.02 Å². The fourth-order valence-corrected chi connectivity index (χ4v) is 3.51. The first kappa shape index (κ1) is 26.0. The molecule has 0 atom stereocenters. The van der Waals surface area contributed by atoms with E-state index in [-0.39, 0.29) is 36.0 Å². The van der Waals surface area contributed by atoms with Crippen LogP contribution in [-0.4, -0.2) is 23.0 Å². The van der Waals surface area contributed by atoms with Crippen molar-refractivity contribution in [3.05, 3.63) is 106 Å². The highest BCUT2D eigenvalue weighted by Gasteiger charge is 2.30. The first-order valence-corrected chi connectivity index (χ1v) is 11.4. The van der Waals surface area contributed by atoms with Gasteiger partial charge in [0.15, 0.2) is 5.82 Å². The first-order valence-electron chi connectivity index (χ1n) is 11.1. The number of carbonyl (C=O) groups excluding carboxylic acids is 1. The number of aromatic nitrogens is 2. The monoisotopic (exact) mass is 527 g/mol. The second-order valence-electron chi connectivity index (χ2n) is 7.94. The van der Waals surface area contributed by atoms with Crippen LogP contribution in [0.1, 0.15) is 27.0 Å². The molecular weight excluding hydrogens is 507 g/mol. The topological polar surface area (TPSA) is 73.3 Å². The van der Waals surface area contributed by atoms with E-state index in [9.17, 15) is 18.0 Å². The summed E-state index contributed by atoms with van der Waals surface area (Å²) < 4.78 is 50.2. The average Bonchev–Trinajstić information content (AvgIpc) is 2.91. The fraction of sp³-hybridized carbons (Fsp3) is 0.148. The minimum atomic E-state index is -4.49. The fourth-order valence-electron chi connectivity index (χ4n) is 3.38. The van der Waals surface area contributed by atoms with Crippen molar-refractivity contribution < 1.29 is 27.4 Å². The van der Waals surface area contributed by atoms with Gasteiger partial charge in [-0.3, -0.25) is 4.79 Å². The van der Waals surface area contributed by atoms with E-state index in [0.717, 1.165) is 17.7 Å². The molecule has 0 spiro atoms. The maximum atomic E-state index is 13.1. The third kappa shape index (κ3) is 6.77. The Morgan fingerprint density at radius 1 is 1.00 bits per heavy atom. The average molecular weight is 528 g/mol. The molecule has 0 unspecified atom stereocenters. The molecule has 0 saturated carbocycles. The van der Waals surface area contributed by atoms with E-state index < -0.39 is 17.6 Å². The van der Waals surface area contributed by atoms with Crippen LogP contribution in [0.25, 0.3) is 11.4 Å². The summed E-state index contributed by atoms with van der Waals surface area (Å²) in [4.78, 5) is 21.6. The summed E-state index contributed by atoms with van der Waals surface area (Å²) in [7, 11) is 1.56. The quantitative estimate of drug-likeness (QED) is 0.290. The van der Waals surface area contributed by atoms with Crippen molar-refractivity contribution >= 4 is 17.5 Å². The lowest BCUT2D eigenvalue weighted by Gasteiger charge is -2.13. The zero-order valence-electron chi connectivity index (χ0n) is 19.6. The Kier molecular flexibility index (Phi) is 7.93. The van der Waals surface area contributed by atoms with Crippen molar-refractivity contribution in [2.75, 3.05) is 7.11 Å². The molecule has 0 aliphatic rings. The van der Waals surface area contributed by atoms with Gasteiger partial charge in [0.05, 0.1) is 12.7 Å². The Hall–Kier alpha value is -4.11. The van der Waals surface area contributed by atoms with Gasteiger partial charge in [-0.2, -0.15) is 18.2 Å². The second kappa shape index (κ2) is 11.3. The molecule has 190 valence electrons. The highest BCUT2D eigenvalue weighted by Crippen LogP contribution is 2.30. The Labute approximate surface area is 216 Å². The molecule has 4 rings (SSSR count). The predicted molar refractivity (Wildman–Crippen MR) is 132 cm³/mol. The van der Waals surface area contributed by atoms with Gasteiger partial charge in [0, 0.05) is 23.3 Å². The summed E-state index contributed by atoms with van der Waals surface area (Å²) in [6.07, 6.45) is -3.17. The smallest absolute Gasteiger partial charge is 0.416 e. The van der Waals surface area contributed by atoms with Gasteiger partial charge in [0.25, 0.3) is 5.91 Å². The standard InChI is InChI=1S/C27H21ClF3N3O3/c1-36-22-11-5-17(6-12-22)14-33-25(35)23-15-32-24(19-7-9-21(28)10-8-19)34-26(23)37-16-18-3-2-4-20(13-18)27(29,30)31/h2-13,15H,14,16H2,1H3,(H,33,35). The molecule has 0 saturated heterocycles. The van der Waals surface area contributed by atoms with E-state index in [1.54, 1.807) is 43.5 Å². The molecule has 1 aromatic heterocycles. The second-order valence-corrected chi connectivity index (χ2v) is 8.37. The van der Waals surface area contributed by atoms with Gasteiger partial charge >= 0.3 is 6.18 Å². The lowest BCUT2D eigenvalue weighted by molar-refractivity contribution is -0.137. The van der Waals surface area contributed by atoms with Crippen LogP contribution < -0.4 is 14.8 Å². The molecule has 0 radical (unpaired) electrons. The summed E-state index contributed by atoms with van der Waals surface area (Å²) >= 11 is 5.96. The largest absolute Gasteiger partial charge is 0.497 e. The third-order valence-corrected chi connectivity index (χ3v) is 5.59. The van der Waals surface area contributed by atoms with Crippen molar-refractivity contribution in [3.8, 4) is 23.0 Å². The molecule has 6 nitrogen and oxygen atoms in total. The van der Waals surface area contributed by atoms with E-state index in [1.807, 2.05) is 12.1 Å². The molecule has 4 aromatic rings. The van der Waals surface area contributed by atoms with Gasteiger partial charge in [0.2, 0.25) is 5.88 Å². The van der Waals surface area contributed by atoms with Crippen LogP contribution in [-0.2, 0) is 19.3 Å². The number of halogens is 4. The van der Waals surface area contributed by atoms with E-state index in [1.165, 1.54) is 18.3 Å². The number of nitrogens with zero attached hydrogens (tertiary/aromatic N) is 2. The zero-order valence-corrected chi connectivity index (χ0v) is 20.3. The number of amides is 1. The molecule has 0 aliphatic heterocycles. The number of alkyl halides is 3. The van der Waals surface area contributed by atoms with E-state index in [2.05, 4.69) is 15.3 Å². The molecule has 1 N–H and O–H groups in total. The molecular formula is C27H21ClF3N3O3. The number of benzene rings is 3. The minimum Gasteiger partial charge on any atom is -0.497 e. The Bertz CT molecular complexity index is 1380. The van der Waals surface area contributed by atoms with Crippen molar-refractivity contribution in [1.29, 1.82) is 0 Å². The van der Waals surface area contributed by atoms with Crippen molar-refractivity contribution in [2.24, 2.45) is 0 Å². The van der Waals surface area contributed by atoms with E-state index in [4.69, 9.17) is 21.1 Å². The highest BCUT2D eigenvalue weighted by atomic mass is 35.5. The summed E-state index contributed by atoms with van der Waals surface area (Å²) in [5.41, 5.74) is 0.970. The number of rotatable bonds is 8. The highest BCUT2D eigenvalue weighted by molar-refractivity contribution is 6.30. The predicted octanol–water partition coefficient (Wildman–Crippen LogP) is 6.33. The third-order valence-electron chi connectivity index (χ3n) is 5.34. The van der Waals surface area contributed by atoms with Crippen LogP contribution in [0, 0.1) is 0 Å². The first-order chi connectivity index (χ1) is 17.7. The van der Waals surface area contributed by atoms with E-state index >= 15 is 0 Å². The van der Waals surface area contributed by atoms with Gasteiger partial charge in [-0.15, -0.1) is 0 Å². The van der Waals surface area contributed by atoms with Crippen LogP contribution >= 0.6 is 11.6 Å². The summed E-state index contributed by atoms with van der Waals surface area (Å²) in [6, 6.07) is 18.7. The molecule has 0 aliphatic carbocycles. The minimum absolute atomic E-state index is 0.0400. The molecule has 10 heteroatoms. The van der Waals surface area contributed by atoms with Crippen LogP contribution in [0.5, 0.6) is 11.6 Å². The molecule has 37 heavy (non-hydrogen) atoms. The van der Waals surface area contributed by atoms with Gasteiger partial charge in [-0.05, 0) is 59.7 Å². The normalized spacial score (nSPS) is 11.2. The number of hydrogen-bond acceptors (Lipinski definition) is 5. The Morgan fingerprint density at radius 2 is 1.73 bits per heavy atom. The number of methoxy groups -OCH3 is 1. The molecule has 3 aromatic carbocycles. The molecule has 1 amide bonds. The van der Waals surface area contributed by atoms with Gasteiger partial charge < -0.3 is 14.8 Å². The maximum absolute atomic E-state index is 13.1. The molecule has 1 heterocycles. The number of nitrogens with one attached hydrogen (secondary N) is 1. The van der Waals surface area contributed by atoms with Crippen LogP contribution in [0.15, 0.2) is 79.0 Å². The van der Waals surface area contributed by atoms with Gasteiger partial charge in [-0.1, -0.05) is 35.9 Å². The number of ether oxygens (including phenoxy) is 2. The van der Waals surface area contributed by atoms with Gasteiger partial charge in [-0.25, -0.2) is 4.98 Å². The SMILES string of the molecule is COc1ccc(CNC(=O)c2cnc(-c3ccc(Cl)cc3)nc2OCc2cccc(C(F)(F)F)c2)cc1. The molecule has 0 fully saturated rings. The Morgan fingerprint density at radius 3 is 2.41 bits per heavy atom. The summed E-state index contributed by atoms with van der Waals surface area (Å²) in [5.74, 6) is 0.385. The summed E-state index contributed by atoms with van der Waals surface area (Å²) in [6.45, 7) is -0.0193.